The molecule has 0 spiro atoms. The van der Waals surface area contributed by atoms with Crippen LogP contribution in [0, 0.1) is 5.92 Å². The SMILES string of the molecule is CN(CCC1CCCN(C)C1)Cc1cccc(N)c1. The number of nitrogens with zero attached hydrogens (tertiary/aromatic N) is 2. The first-order chi connectivity index (χ1) is 9.13. The van der Waals surface area contributed by atoms with E-state index in [0.29, 0.717) is 0 Å². The van der Waals surface area contributed by atoms with Gasteiger partial charge in [0.15, 0.2) is 0 Å². The molecule has 2 rings (SSSR count). The van der Waals surface area contributed by atoms with Crippen LogP contribution in [-0.4, -0.2) is 43.5 Å². The van der Waals surface area contributed by atoms with E-state index in [-0.39, 0.29) is 0 Å². The summed E-state index contributed by atoms with van der Waals surface area (Å²) >= 11 is 0. The van der Waals surface area contributed by atoms with Gasteiger partial charge in [-0.3, -0.25) is 0 Å². The summed E-state index contributed by atoms with van der Waals surface area (Å²) in [7, 11) is 4.44. The third-order valence-corrected chi connectivity index (χ3v) is 4.04. The first-order valence-electron chi connectivity index (χ1n) is 7.35. The van der Waals surface area contributed by atoms with Crippen molar-refractivity contribution >= 4 is 5.69 Å². The second-order valence-corrected chi connectivity index (χ2v) is 6.04. The molecule has 19 heavy (non-hydrogen) atoms. The second kappa shape index (κ2) is 6.92. The Hall–Kier alpha value is -1.06. The fourth-order valence-corrected chi connectivity index (χ4v) is 2.99. The molecule has 1 aliphatic rings. The summed E-state index contributed by atoms with van der Waals surface area (Å²) in [6.07, 6.45) is 4.07. The van der Waals surface area contributed by atoms with E-state index < -0.39 is 0 Å². The van der Waals surface area contributed by atoms with Crippen LogP contribution in [0.25, 0.3) is 0 Å². The molecule has 1 unspecified atom stereocenters. The van der Waals surface area contributed by atoms with Crippen molar-refractivity contribution in [1.82, 2.24) is 9.80 Å². The van der Waals surface area contributed by atoms with Gasteiger partial charge in [0.05, 0.1) is 0 Å². The van der Waals surface area contributed by atoms with Crippen LogP contribution in [0.3, 0.4) is 0 Å². The number of piperidine rings is 1. The molecule has 0 amide bonds. The minimum atomic E-state index is 0.861. The van der Waals surface area contributed by atoms with Crippen molar-refractivity contribution in [1.29, 1.82) is 0 Å². The Balaban J connectivity index is 1.73. The molecule has 1 atom stereocenters. The molecule has 0 bridgehead atoms. The van der Waals surface area contributed by atoms with Crippen LogP contribution >= 0.6 is 0 Å². The Morgan fingerprint density at radius 3 is 3.00 bits per heavy atom. The van der Waals surface area contributed by atoms with Crippen LogP contribution in [-0.2, 0) is 6.54 Å². The van der Waals surface area contributed by atoms with Gasteiger partial charge in [-0.1, -0.05) is 12.1 Å². The zero-order valence-electron chi connectivity index (χ0n) is 12.3. The lowest BCUT2D eigenvalue weighted by atomic mass is 9.95. The number of hydrogen-bond acceptors (Lipinski definition) is 3. The van der Waals surface area contributed by atoms with Crippen molar-refractivity contribution in [2.24, 2.45) is 5.92 Å². The average molecular weight is 261 g/mol. The van der Waals surface area contributed by atoms with Gasteiger partial charge in [0.1, 0.15) is 0 Å². The predicted molar refractivity (Wildman–Crippen MR) is 82.0 cm³/mol. The first-order valence-corrected chi connectivity index (χ1v) is 7.35. The minimum absolute atomic E-state index is 0.861. The Bertz CT molecular complexity index is 391. The van der Waals surface area contributed by atoms with Crippen LogP contribution < -0.4 is 5.73 Å². The van der Waals surface area contributed by atoms with Gasteiger partial charge in [-0.2, -0.15) is 0 Å². The van der Waals surface area contributed by atoms with E-state index in [1.807, 2.05) is 12.1 Å². The molecule has 2 N–H and O–H groups in total. The summed E-state index contributed by atoms with van der Waals surface area (Å²) in [6.45, 7) is 4.71. The van der Waals surface area contributed by atoms with Crippen molar-refractivity contribution in [3.8, 4) is 0 Å². The summed E-state index contributed by atoms with van der Waals surface area (Å²) < 4.78 is 0. The molecule has 0 aliphatic carbocycles. The highest BCUT2D eigenvalue weighted by Gasteiger charge is 2.17. The van der Waals surface area contributed by atoms with E-state index >= 15 is 0 Å². The van der Waals surface area contributed by atoms with E-state index in [2.05, 4.69) is 36.0 Å². The zero-order chi connectivity index (χ0) is 13.7. The maximum absolute atomic E-state index is 5.82. The number of anilines is 1. The normalized spacial score (nSPS) is 20.9. The van der Waals surface area contributed by atoms with Crippen LogP contribution in [0.2, 0.25) is 0 Å². The summed E-state index contributed by atoms with van der Waals surface area (Å²) in [5.74, 6) is 0.877. The lowest BCUT2D eigenvalue weighted by Crippen LogP contribution is -2.33. The quantitative estimate of drug-likeness (QED) is 0.826. The number of nitrogens with two attached hydrogens (primary N) is 1. The molecule has 106 valence electrons. The molecule has 3 heteroatoms. The Kier molecular flexibility index (Phi) is 5.23. The molecular weight excluding hydrogens is 234 g/mol. The topological polar surface area (TPSA) is 32.5 Å². The molecule has 0 saturated carbocycles. The summed E-state index contributed by atoms with van der Waals surface area (Å²) in [4.78, 5) is 4.87. The number of nitrogen functional groups attached to an aromatic ring is 1. The molecular formula is C16H27N3. The van der Waals surface area contributed by atoms with E-state index in [1.54, 1.807) is 0 Å². The highest BCUT2D eigenvalue weighted by molar-refractivity contribution is 5.40. The van der Waals surface area contributed by atoms with Gasteiger partial charge in [0.2, 0.25) is 0 Å². The fraction of sp³-hybridized carbons (Fsp3) is 0.625. The van der Waals surface area contributed by atoms with E-state index in [9.17, 15) is 0 Å². The Morgan fingerprint density at radius 1 is 1.42 bits per heavy atom. The number of likely N-dealkylation sites (tertiary alicyclic amines) is 1. The molecule has 1 fully saturated rings. The second-order valence-electron chi connectivity index (χ2n) is 6.04. The monoisotopic (exact) mass is 261 g/mol. The molecule has 1 aromatic carbocycles. The van der Waals surface area contributed by atoms with Crippen molar-refractivity contribution in [2.75, 3.05) is 39.5 Å². The third-order valence-electron chi connectivity index (χ3n) is 4.04. The van der Waals surface area contributed by atoms with Gasteiger partial charge in [-0.05, 0) is 70.1 Å². The first kappa shape index (κ1) is 14.4. The average Bonchev–Trinajstić information content (AvgIpc) is 2.36. The fourth-order valence-electron chi connectivity index (χ4n) is 2.99. The maximum Gasteiger partial charge on any atom is 0.0317 e. The van der Waals surface area contributed by atoms with Crippen LogP contribution in [0.5, 0.6) is 0 Å². The lowest BCUT2D eigenvalue weighted by Gasteiger charge is -2.30. The molecule has 0 aromatic heterocycles. The summed E-state index contributed by atoms with van der Waals surface area (Å²) in [5, 5.41) is 0. The molecule has 1 aromatic rings. The maximum atomic E-state index is 5.82. The van der Waals surface area contributed by atoms with Crippen molar-refractivity contribution in [2.45, 2.75) is 25.8 Å². The van der Waals surface area contributed by atoms with Gasteiger partial charge in [0.25, 0.3) is 0 Å². The van der Waals surface area contributed by atoms with E-state index in [4.69, 9.17) is 5.73 Å². The molecule has 3 nitrogen and oxygen atoms in total. The largest absolute Gasteiger partial charge is 0.399 e. The standard InChI is InChI=1S/C16H27N3/c1-18-9-4-6-14(12-18)8-10-19(2)13-15-5-3-7-16(17)11-15/h3,5,7,11,14H,4,6,8-10,12-13,17H2,1-2H3. The Labute approximate surface area is 117 Å². The number of benzene rings is 1. The van der Waals surface area contributed by atoms with Crippen LogP contribution in [0.1, 0.15) is 24.8 Å². The van der Waals surface area contributed by atoms with Crippen molar-refractivity contribution in [3.63, 3.8) is 0 Å². The van der Waals surface area contributed by atoms with Gasteiger partial charge in [-0.25, -0.2) is 0 Å². The number of hydrogen-bond donors (Lipinski definition) is 1. The summed E-state index contributed by atoms with van der Waals surface area (Å²) in [6, 6.07) is 8.21. The highest BCUT2D eigenvalue weighted by Crippen LogP contribution is 2.19. The van der Waals surface area contributed by atoms with Gasteiger partial charge >= 0.3 is 0 Å². The Morgan fingerprint density at radius 2 is 2.26 bits per heavy atom. The zero-order valence-corrected chi connectivity index (χ0v) is 12.3. The van der Waals surface area contributed by atoms with E-state index in [1.165, 1.54) is 44.5 Å². The lowest BCUT2D eigenvalue weighted by molar-refractivity contribution is 0.184. The smallest absolute Gasteiger partial charge is 0.0317 e. The van der Waals surface area contributed by atoms with E-state index in [0.717, 1.165) is 18.2 Å². The number of rotatable bonds is 5. The van der Waals surface area contributed by atoms with Gasteiger partial charge < -0.3 is 15.5 Å². The minimum Gasteiger partial charge on any atom is -0.399 e. The summed E-state index contributed by atoms with van der Waals surface area (Å²) in [5.41, 5.74) is 7.99. The van der Waals surface area contributed by atoms with Crippen LogP contribution in [0.15, 0.2) is 24.3 Å². The van der Waals surface area contributed by atoms with Gasteiger partial charge in [-0.15, -0.1) is 0 Å². The predicted octanol–water partition coefficient (Wildman–Crippen LogP) is 2.43. The molecule has 1 heterocycles. The third kappa shape index (κ3) is 4.84. The highest BCUT2D eigenvalue weighted by atomic mass is 15.1. The van der Waals surface area contributed by atoms with Crippen LogP contribution in [0.4, 0.5) is 5.69 Å². The molecule has 0 radical (unpaired) electrons. The van der Waals surface area contributed by atoms with Crippen molar-refractivity contribution < 1.29 is 0 Å². The van der Waals surface area contributed by atoms with Crippen molar-refractivity contribution in [3.05, 3.63) is 29.8 Å². The molecule has 1 aliphatic heterocycles. The van der Waals surface area contributed by atoms with Gasteiger partial charge in [0, 0.05) is 18.8 Å². The molecule has 1 saturated heterocycles.